The van der Waals surface area contributed by atoms with Crippen molar-refractivity contribution < 1.29 is 29.1 Å². The molecule has 1 saturated heterocycles. The number of fused-ring (bicyclic) bond motifs is 3. The SMILES string of the molecule is CC1=CC(=O)C2=C(C1=O)C(c1cc(Cl)ccc1O)C1=CCC3C(=O)N(C(N)=O)C(=O)C3C1C2. The maximum Gasteiger partial charge on any atom is 0.328 e. The molecule has 1 aromatic rings. The van der Waals surface area contributed by atoms with Crippen molar-refractivity contribution in [1.82, 2.24) is 4.90 Å². The summed E-state index contributed by atoms with van der Waals surface area (Å²) in [5.74, 6) is -5.23. The van der Waals surface area contributed by atoms with E-state index in [-0.39, 0.29) is 46.9 Å². The maximum absolute atomic E-state index is 13.2. The van der Waals surface area contributed by atoms with Crippen LogP contribution in [0.1, 0.15) is 31.2 Å². The number of benzene rings is 1. The van der Waals surface area contributed by atoms with Crippen molar-refractivity contribution in [2.45, 2.75) is 25.7 Å². The summed E-state index contributed by atoms with van der Waals surface area (Å²) in [5.41, 5.74) is 7.05. The van der Waals surface area contributed by atoms with Crippen LogP contribution in [-0.4, -0.2) is 39.4 Å². The largest absolute Gasteiger partial charge is 0.508 e. The molecule has 8 nitrogen and oxygen atoms in total. The zero-order chi connectivity index (χ0) is 23.8. The number of aromatic hydroxyl groups is 1. The first kappa shape index (κ1) is 21.3. The molecule has 4 unspecified atom stereocenters. The summed E-state index contributed by atoms with van der Waals surface area (Å²) >= 11 is 6.20. The fourth-order valence-electron chi connectivity index (χ4n) is 5.69. The monoisotopic (exact) mass is 466 g/mol. The molecule has 0 radical (unpaired) electrons. The molecule has 3 aliphatic carbocycles. The highest BCUT2D eigenvalue weighted by Crippen LogP contribution is 2.56. The summed E-state index contributed by atoms with van der Waals surface area (Å²) < 4.78 is 0. The lowest BCUT2D eigenvalue weighted by Crippen LogP contribution is -2.42. The number of phenolic OH excluding ortho intramolecular Hbond substituents is 1. The number of carbonyl (C=O) groups is 5. The molecule has 1 fully saturated rings. The standard InChI is InChI=1S/C24H19ClN2O6/c1-9-6-17(29)15-8-13-11(3-4-12-19(13)23(32)27(22(12)31)24(26)33)18(20(15)21(9)30)14-7-10(25)2-5-16(14)28/h2-3,5-7,12-13,18-19,28H,4,8H2,1H3,(H2,26,33). The minimum absolute atomic E-state index is 0.0696. The van der Waals surface area contributed by atoms with Gasteiger partial charge in [-0.15, -0.1) is 0 Å². The van der Waals surface area contributed by atoms with E-state index in [9.17, 15) is 29.1 Å². The first-order valence-corrected chi connectivity index (χ1v) is 10.9. The van der Waals surface area contributed by atoms with Gasteiger partial charge in [0.25, 0.3) is 0 Å². The number of amides is 4. The average Bonchev–Trinajstić information content (AvgIpc) is 3.02. The quantitative estimate of drug-likeness (QED) is 0.371. The number of Topliss-reactive ketones (excluding diaryl/α,β-unsaturated/α-hetero) is 1. The Hall–Kier alpha value is -3.52. The summed E-state index contributed by atoms with van der Waals surface area (Å²) in [4.78, 5) is 64.3. The van der Waals surface area contributed by atoms with Crippen LogP contribution in [0.2, 0.25) is 5.02 Å². The van der Waals surface area contributed by atoms with E-state index in [0.29, 0.717) is 21.1 Å². The fourth-order valence-corrected chi connectivity index (χ4v) is 5.87. The normalized spacial score (nSPS) is 28.8. The number of urea groups is 1. The van der Waals surface area contributed by atoms with Gasteiger partial charge in [0.2, 0.25) is 11.8 Å². The van der Waals surface area contributed by atoms with Gasteiger partial charge < -0.3 is 10.8 Å². The number of primary amides is 1. The molecule has 5 rings (SSSR count). The predicted molar refractivity (Wildman–Crippen MR) is 116 cm³/mol. The summed E-state index contributed by atoms with van der Waals surface area (Å²) in [6.45, 7) is 1.56. The van der Waals surface area contributed by atoms with Gasteiger partial charge >= 0.3 is 6.03 Å². The number of nitrogens with two attached hydrogens (primary N) is 1. The van der Waals surface area contributed by atoms with E-state index in [1.54, 1.807) is 13.0 Å². The van der Waals surface area contributed by atoms with Crippen molar-refractivity contribution in [1.29, 1.82) is 0 Å². The predicted octanol–water partition coefficient (Wildman–Crippen LogP) is 2.55. The number of carbonyl (C=O) groups excluding carboxylic acids is 5. The molecule has 4 aliphatic rings. The molecule has 9 heteroatoms. The summed E-state index contributed by atoms with van der Waals surface area (Å²) in [7, 11) is 0. The van der Waals surface area contributed by atoms with E-state index < -0.39 is 41.5 Å². The highest BCUT2D eigenvalue weighted by molar-refractivity contribution is 6.30. The molecule has 4 atom stereocenters. The molecule has 1 aromatic carbocycles. The van der Waals surface area contributed by atoms with Crippen LogP contribution in [0.4, 0.5) is 4.79 Å². The Morgan fingerprint density at radius 1 is 1.15 bits per heavy atom. The Kier molecular flexibility index (Phi) is 4.68. The number of ketones is 2. The number of allylic oxidation sites excluding steroid dienone is 6. The molecule has 4 amide bonds. The molecule has 33 heavy (non-hydrogen) atoms. The van der Waals surface area contributed by atoms with Crippen LogP contribution in [-0.2, 0) is 19.2 Å². The lowest BCUT2D eigenvalue weighted by Gasteiger charge is -2.42. The molecule has 1 heterocycles. The number of rotatable bonds is 1. The Bertz CT molecular complexity index is 1290. The third kappa shape index (κ3) is 2.94. The van der Waals surface area contributed by atoms with E-state index in [2.05, 4.69) is 0 Å². The average molecular weight is 467 g/mol. The van der Waals surface area contributed by atoms with Gasteiger partial charge in [-0.1, -0.05) is 23.3 Å². The van der Waals surface area contributed by atoms with Gasteiger partial charge in [-0.3, -0.25) is 19.2 Å². The van der Waals surface area contributed by atoms with Crippen molar-refractivity contribution in [3.05, 3.63) is 63.2 Å². The summed E-state index contributed by atoms with van der Waals surface area (Å²) in [6, 6.07) is 3.31. The molecular formula is C24H19ClN2O6. The Labute approximate surface area is 193 Å². The minimum Gasteiger partial charge on any atom is -0.508 e. The number of nitrogens with zero attached hydrogens (tertiary/aromatic N) is 1. The van der Waals surface area contributed by atoms with E-state index >= 15 is 0 Å². The smallest absolute Gasteiger partial charge is 0.328 e. The first-order valence-electron chi connectivity index (χ1n) is 10.5. The van der Waals surface area contributed by atoms with Gasteiger partial charge in [-0.25, -0.2) is 4.79 Å². The second-order valence-electron chi connectivity index (χ2n) is 8.78. The van der Waals surface area contributed by atoms with Crippen LogP contribution >= 0.6 is 11.6 Å². The van der Waals surface area contributed by atoms with Crippen molar-refractivity contribution in [2.75, 3.05) is 0 Å². The number of imide groups is 3. The number of phenols is 1. The second-order valence-corrected chi connectivity index (χ2v) is 9.22. The van der Waals surface area contributed by atoms with Gasteiger partial charge in [0.15, 0.2) is 11.6 Å². The highest BCUT2D eigenvalue weighted by atomic mass is 35.5. The van der Waals surface area contributed by atoms with Crippen molar-refractivity contribution in [2.24, 2.45) is 23.5 Å². The van der Waals surface area contributed by atoms with E-state index in [4.69, 9.17) is 17.3 Å². The Balaban J connectivity index is 1.73. The fraction of sp³-hybridized carbons (Fsp3) is 0.292. The molecule has 1 aliphatic heterocycles. The molecule has 168 valence electrons. The maximum atomic E-state index is 13.2. The minimum atomic E-state index is -1.14. The van der Waals surface area contributed by atoms with Gasteiger partial charge in [0.05, 0.1) is 11.8 Å². The highest BCUT2D eigenvalue weighted by Gasteiger charge is 2.57. The topological polar surface area (TPSA) is 135 Å². The molecule has 0 saturated carbocycles. The van der Waals surface area contributed by atoms with Crippen LogP contribution < -0.4 is 5.73 Å². The molecule has 3 N–H and O–H groups in total. The number of likely N-dealkylation sites (tertiary alicyclic amines) is 1. The van der Waals surface area contributed by atoms with E-state index in [1.165, 1.54) is 24.3 Å². The molecule has 0 aromatic heterocycles. The van der Waals surface area contributed by atoms with Gasteiger partial charge in [-0.2, -0.15) is 4.90 Å². The number of halogens is 1. The van der Waals surface area contributed by atoms with Crippen LogP contribution in [0.3, 0.4) is 0 Å². The molecule has 0 bridgehead atoms. The van der Waals surface area contributed by atoms with Gasteiger partial charge in [0, 0.05) is 33.2 Å². The summed E-state index contributed by atoms with van der Waals surface area (Å²) in [6.07, 6.45) is 3.28. The lowest BCUT2D eigenvalue weighted by atomic mass is 9.59. The van der Waals surface area contributed by atoms with Gasteiger partial charge in [-0.05, 0) is 50.0 Å². The van der Waals surface area contributed by atoms with Crippen LogP contribution in [0.15, 0.2) is 52.6 Å². The Morgan fingerprint density at radius 2 is 1.88 bits per heavy atom. The number of hydrogen-bond donors (Lipinski definition) is 2. The lowest BCUT2D eigenvalue weighted by molar-refractivity contribution is -0.136. The van der Waals surface area contributed by atoms with Crippen LogP contribution in [0.5, 0.6) is 5.75 Å². The first-order chi connectivity index (χ1) is 15.6. The molecular weight excluding hydrogens is 448 g/mol. The third-order valence-electron chi connectivity index (χ3n) is 7.09. The van der Waals surface area contributed by atoms with Crippen molar-refractivity contribution >= 4 is 41.0 Å². The zero-order valence-electron chi connectivity index (χ0n) is 17.5. The van der Waals surface area contributed by atoms with E-state index in [1.807, 2.05) is 0 Å². The van der Waals surface area contributed by atoms with Crippen molar-refractivity contribution in [3.8, 4) is 5.75 Å². The second kappa shape index (κ2) is 7.25. The third-order valence-corrected chi connectivity index (χ3v) is 7.32. The number of hydrogen-bond acceptors (Lipinski definition) is 6. The van der Waals surface area contributed by atoms with Gasteiger partial charge in [0.1, 0.15) is 5.75 Å². The zero-order valence-corrected chi connectivity index (χ0v) is 18.3. The Morgan fingerprint density at radius 3 is 2.58 bits per heavy atom. The van der Waals surface area contributed by atoms with Crippen LogP contribution in [0.25, 0.3) is 0 Å². The summed E-state index contributed by atoms with van der Waals surface area (Å²) in [5, 5.41) is 11.0. The van der Waals surface area contributed by atoms with E-state index in [0.717, 1.165) is 0 Å². The molecule has 0 spiro atoms. The van der Waals surface area contributed by atoms with Crippen LogP contribution in [0, 0.1) is 17.8 Å². The van der Waals surface area contributed by atoms with Crippen molar-refractivity contribution in [3.63, 3.8) is 0 Å².